The van der Waals surface area contributed by atoms with Crippen molar-refractivity contribution in [2.75, 3.05) is 0 Å². The maximum absolute atomic E-state index is 15.5. The fourth-order valence-corrected chi connectivity index (χ4v) is 6.94. The maximum atomic E-state index is 15.5. The van der Waals surface area contributed by atoms with Crippen molar-refractivity contribution >= 4 is 21.8 Å². The summed E-state index contributed by atoms with van der Waals surface area (Å²) < 4.78 is 32.4. The average molecular weight is 699 g/mol. The second kappa shape index (κ2) is 12.9. The lowest BCUT2D eigenvalue weighted by Gasteiger charge is -2.21. The van der Waals surface area contributed by atoms with Crippen molar-refractivity contribution in [2.45, 2.75) is 52.4 Å². The standard InChI is InChI=1S/C47H40F2N4/c1-46(2,3)32-21-23-35-36-24-22-33(47(4,5)6)28-41(36)53(40(35)27-32)39-25-20-31(34-18-13-19-38(48)42(34)49)26-37(39)45-51-43(29-14-9-7-10-15-29)50-44(52-45)30-16-11-8-12-17-30/h7-28H,1-6H3. The Hall–Kier alpha value is -6.01. The third kappa shape index (κ3) is 6.29. The highest BCUT2D eigenvalue weighted by Crippen LogP contribution is 2.41. The number of benzene rings is 6. The number of rotatable bonds is 5. The minimum atomic E-state index is -0.905. The summed E-state index contributed by atoms with van der Waals surface area (Å²) in [5.41, 5.74) is 8.07. The van der Waals surface area contributed by atoms with Gasteiger partial charge in [0.2, 0.25) is 0 Å². The van der Waals surface area contributed by atoms with Crippen LogP contribution in [0.15, 0.2) is 133 Å². The van der Waals surface area contributed by atoms with Crippen molar-refractivity contribution in [1.29, 1.82) is 0 Å². The van der Waals surface area contributed by atoms with Gasteiger partial charge < -0.3 is 4.57 Å². The van der Waals surface area contributed by atoms with Crippen LogP contribution in [0, 0.1) is 11.6 Å². The van der Waals surface area contributed by atoms with Gasteiger partial charge in [-0.25, -0.2) is 23.7 Å². The molecule has 4 nitrogen and oxygen atoms in total. The molecule has 0 atom stereocenters. The Morgan fingerprint density at radius 3 is 1.47 bits per heavy atom. The zero-order valence-electron chi connectivity index (χ0n) is 30.7. The van der Waals surface area contributed by atoms with E-state index in [1.54, 1.807) is 6.07 Å². The Morgan fingerprint density at radius 2 is 0.962 bits per heavy atom. The van der Waals surface area contributed by atoms with E-state index in [1.807, 2.05) is 78.9 Å². The number of hydrogen-bond donors (Lipinski definition) is 0. The molecule has 0 radical (unpaired) electrons. The fraction of sp³-hybridized carbons (Fsp3) is 0.170. The van der Waals surface area contributed by atoms with E-state index in [4.69, 9.17) is 15.0 Å². The first-order valence-electron chi connectivity index (χ1n) is 17.9. The Morgan fingerprint density at radius 1 is 0.453 bits per heavy atom. The van der Waals surface area contributed by atoms with Gasteiger partial charge in [-0.3, -0.25) is 0 Å². The van der Waals surface area contributed by atoms with Gasteiger partial charge in [0.05, 0.1) is 16.7 Å². The van der Waals surface area contributed by atoms with Crippen molar-refractivity contribution in [1.82, 2.24) is 19.5 Å². The van der Waals surface area contributed by atoms with Crippen molar-refractivity contribution < 1.29 is 8.78 Å². The average Bonchev–Trinajstić information content (AvgIpc) is 3.48. The van der Waals surface area contributed by atoms with Gasteiger partial charge in [0, 0.05) is 33.0 Å². The van der Waals surface area contributed by atoms with Crippen molar-refractivity contribution in [3.63, 3.8) is 0 Å². The fourth-order valence-electron chi connectivity index (χ4n) is 6.94. The summed E-state index contributed by atoms with van der Waals surface area (Å²) in [6.45, 7) is 13.3. The van der Waals surface area contributed by atoms with Crippen LogP contribution in [0.3, 0.4) is 0 Å². The maximum Gasteiger partial charge on any atom is 0.166 e. The summed E-state index contributed by atoms with van der Waals surface area (Å²) >= 11 is 0. The predicted molar refractivity (Wildman–Crippen MR) is 213 cm³/mol. The van der Waals surface area contributed by atoms with E-state index in [2.05, 4.69) is 82.5 Å². The molecule has 0 saturated heterocycles. The molecule has 2 aromatic heterocycles. The minimum absolute atomic E-state index is 0.100. The van der Waals surface area contributed by atoms with E-state index in [-0.39, 0.29) is 16.4 Å². The minimum Gasteiger partial charge on any atom is -0.308 e. The van der Waals surface area contributed by atoms with Crippen LogP contribution in [0.2, 0.25) is 0 Å². The molecule has 53 heavy (non-hydrogen) atoms. The Kier molecular flexibility index (Phi) is 8.29. The molecule has 8 rings (SSSR count). The molecule has 0 amide bonds. The van der Waals surface area contributed by atoms with Crippen LogP contribution in [-0.2, 0) is 10.8 Å². The molecular formula is C47H40F2N4. The van der Waals surface area contributed by atoms with E-state index < -0.39 is 11.6 Å². The monoisotopic (exact) mass is 698 g/mol. The second-order valence-electron chi connectivity index (χ2n) is 15.7. The van der Waals surface area contributed by atoms with Gasteiger partial charge in [-0.1, -0.05) is 145 Å². The van der Waals surface area contributed by atoms with Crippen molar-refractivity contribution in [3.05, 3.63) is 156 Å². The number of halogens is 2. The van der Waals surface area contributed by atoms with Gasteiger partial charge in [-0.2, -0.15) is 0 Å². The zero-order valence-corrected chi connectivity index (χ0v) is 30.7. The van der Waals surface area contributed by atoms with E-state index in [9.17, 15) is 4.39 Å². The first-order valence-corrected chi connectivity index (χ1v) is 17.9. The van der Waals surface area contributed by atoms with Gasteiger partial charge in [0.1, 0.15) is 0 Å². The molecular weight excluding hydrogens is 659 g/mol. The third-order valence-corrected chi connectivity index (χ3v) is 9.94. The molecule has 6 aromatic carbocycles. The van der Waals surface area contributed by atoms with Crippen LogP contribution in [0.1, 0.15) is 52.7 Å². The SMILES string of the molecule is CC(C)(C)c1ccc2c3ccc(C(C)(C)C)cc3n(-c3ccc(-c4cccc(F)c4F)cc3-c3nc(-c4ccccc4)nc(-c4ccccc4)n3)c2c1. The summed E-state index contributed by atoms with van der Waals surface area (Å²) in [4.78, 5) is 15.2. The van der Waals surface area contributed by atoms with Crippen LogP contribution in [0.5, 0.6) is 0 Å². The van der Waals surface area contributed by atoms with Gasteiger partial charge >= 0.3 is 0 Å². The number of aromatic nitrogens is 4. The predicted octanol–water partition coefficient (Wildman–Crippen LogP) is 12.5. The molecule has 0 aliphatic carbocycles. The smallest absolute Gasteiger partial charge is 0.166 e. The van der Waals surface area contributed by atoms with E-state index >= 15 is 4.39 Å². The molecule has 262 valence electrons. The lowest BCUT2D eigenvalue weighted by molar-refractivity contribution is 0.511. The van der Waals surface area contributed by atoms with Crippen LogP contribution in [0.25, 0.3) is 72.8 Å². The topological polar surface area (TPSA) is 43.6 Å². The molecule has 0 fully saturated rings. The van der Waals surface area contributed by atoms with Gasteiger partial charge in [0.15, 0.2) is 29.1 Å². The quantitative estimate of drug-likeness (QED) is 0.180. The zero-order chi connectivity index (χ0) is 37.1. The van der Waals surface area contributed by atoms with E-state index in [1.165, 1.54) is 17.2 Å². The summed E-state index contributed by atoms with van der Waals surface area (Å²) in [6, 6.07) is 43.0. The van der Waals surface area contributed by atoms with Crippen LogP contribution in [-0.4, -0.2) is 19.5 Å². The first kappa shape index (κ1) is 34.1. The van der Waals surface area contributed by atoms with Crippen molar-refractivity contribution in [2.24, 2.45) is 0 Å². The molecule has 6 heteroatoms. The summed E-state index contributed by atoms with van der Waals surface area (Å²) in [5, 5.41) is 2.23. The third-order valence-electron chi connectivity index (χ3n) is 9.94. The molecule has 0 bridgehead atoms. The number of fused-ring (bicyclic) bond motifs is 3. The van der Waals surface area contributed by atoms with Crippen LogP contribution >= 0.6 is 0 Å². The molecule has 2 heterocycles. The van der Waals surface area contributed by atoms with Gasteiger partial charge in [0.25, 0.3) is 0 Å². The molecule has 0 unspecified atom stereocenters. The highest BCUT2D eigenvalue weighted by molar-refractivity contribution is 6.10. The largest absolute Gasteiger partial charge is 0.308 e. The molecule has 0 aliphatic heterocycles. The lowest BCUT2D eigenvalue weighted by atomic mass is 9.86. The van der Waals surface area contributed by atoms with Gasteiger partial charge in [-0.05, 0) is 57.9 Å². The lowest BCUT2D eigenvalue weighted by Crippen LogP contribution is -2.11. The van der Waals surface area contributed by atoms with Crippen LogP contribution in [0.4, 0.5) is 8.78 Å². The Labute approximate surface area is 308 Å². The van der Waals surface area contributed by atoms with E-state index in [0.717, 1.165) is 44.7 Å². The highest BCUT2D eigenvalue weighted by atomic mass is 19.2. The number of hydrogen-bond acceptors (Lipinski definition) is 3. The molecule has 0 saturated carbocycles. The summed E-state index contributed by atoms with van der Waals surface area (Å²) in [5.74, 6) is -0.374. The van der Waals surface area contributed by atoms with E-state index in [0.29, 0.717) is 28.6 Å². The first-order chi connectivity index (χ1) is 25.4. The highest BCUT2D eigenvalue weighted by Gasteiger charge is 2.24. The summed E-state index contributed by atoms with van der Waals surface area (Å²) in [7, 11) is 0. The molecule has 8 aromatic rings. The van der Waals surface area contributed by atoms with Crippen molar-refractivity contribution in [3.8, 4) is 51.0 Å². The van der Waals surface area contributed by atoms with Crippen LogP contribution < -0.4 is 0 Å². The summed E-state index contributed by atoms with van der Waals surface area (Å²) in [6.07, 6.45) is 0. The second-order valence-corrected chi connectivity index (χ2v) is 15.7. The molecule has 0 aliphatic rings. The molecule has 0 N–H and O–H groups in total. The molecule has 0 spiro atoms. The normalized spacial score (nSPS) is 12.2. The Balaban J connectivity index is 1.51. The Bertz CT molecular complexity index is 2520. The van der Waals surface area contributed by atoms with Gasteiger partial charge in [-0.15, -0.1) is 0 Å². The number of nitrogens with zero attached hydrogens (tertiary/aromatic N) is 4.